The van der Waals surface area contributed by atoms with Crippen molar-refractivity contribution in [1.82, 2.24) is 0 Å². The number of aliphatic hydroxyl groups excluding tert-OH is 1. The third-order valence-electron chi connectivity index (χ3n) is 2.82. The summed E-state index contributed by atoms with van der Waals surface area (Å²) in [5, 5.41) is 8.74. The molecule has 0 spiro atoms. The van der Waals surface area contributed by atoms with Crippen molar-refractivity contribution in [2.45, 2.75) is 26.7 Å². The first-order chi connectivity index (χ1) is 5.75. The van der Waals surface area contributed by atoms with Gasteiger partial charge in [0.15, 0.2) is 0 Å². The summed E-state index contributed by atoms with van der Waals surface area (Å²) in [5.74, 6) is 2.24. The molecule has 1 heterocycles. The second-order valence-corrected chi connectivity index (χ2v) is 4.07. The smallest absolute Gasteiger partial charge is 0.0519 e. The molecule has 1 unspecified atom stereocenters. The van der Waals surface area contributed by atoms with E-state index in [2.05, 4.69) is 13.8 Å². The van der Waals surface area contributed by atoms with Crippen molar-refractivity contribution in [3.05, 3.63) is 0 Å². The van der Waals surface area contributed by atoms with Crippen LogP contribution >= 0.6 is 0 Å². The predicted octanol–water partition coefficient (Wildman–Crippen LogP) is 1.68. The van der Waals surface area contributed by atoms with Crippen molar-refractivity contribution in [2.75, 3.05) is 19.8 Å². The molecule has 0 aromatic heterocycles. The molecule has 12 heavy (non-hydrogen) atoms. The van der Waals surface area contributed by atoms with Gasteiger partial charge < -0.3 is 9.84 Å². The molecule has 1 rings (SSSR count). The summed E-state index contributed by atoms with van der Waals surface area (Å²) in [6, 6.07) is 0. The maximum atomic E-state index is 8.74. The molecule has 0 amide bonds. The van der Waals surface area contributed by atoms with Crippen LogP contribution in [0.5, 0.6) is 0 Å². The van der Waals surface area contributed by atoms with Crippen molar-refractivity contribution in [3.63, 3.8) is 0 Å². The van der Waals surface area contributed by atoms with Crippen LogP contribution in [-0.2, 0) is 4.74 Å². The Morgan fingerprint density at radius 2 is 2.08 bits per heavy atom. The topological polar surface area (TPSA) is 29.5 Å². The van der Waals surface area contributed by atoms with Gasteiger partial charge in [0.05, 0.1) is 13.2 Å². The maximum Gasteiger partial charge on any atom is 0.0519 e. The lowest BCUT2D eigenvalue weighted by Crippen LogP contribution is -2.36. The third-order valence-corrected chi connectivity index (χ3v) is 2.82. The third kappa shape index (κ3) is 2.46. The van der Waals surface area contributed by atoms with E-state index < -0.39 is 0 Å². The Morgan fingerprint density at radius 3 is 2.42 bits per heavy atom. The van der Waals surface area contributed by atoms with E-state index in [9.17, 15) is 0 Å². The van der Waals surface area contributed by atoms with Gasteiger partial charge >= 0.3 is 0 Å². The number of rotatable bonds is 5. The molecular weight excluding hydrogens is 152 g/mol. The fraction of sp³-hybridized carbons (Fsp3) is 1.00. The van der Waals surface area contributed by atoms with Crippen molar-refractivity contribution in [1.29, 1.82) is 0 Å². The Morgan fingerprint density at radius 1 is 1.42 bits per heavy atom. The highest BCUT2D eigenvalue weighted by atomic mass is 16.5. The zero-order chi connectivity index (χ0) is 8.97. The molecule has 1 fully saturated rings. The molecule has 1 N–H and O–H groups in total. The summed E-state index contributed by atoms with van der Waals surface area (Å²) in [5.41, 5.74) is 0. The minimum Gasteiger partial charge on any atom is -0.396 e. The van der Waals surface area contributed by atoms with Crippen LogP contribution in [0, 0.1) is 17.8 Å². The monoisotopic (exact) mass is 172 g/mol. The zero-order valence-electron chi connectivity index (χ0n) is 8.12. The summed E-state index contributed by atoms with van der Waals surface area (Å²) in [6.07, 6.45) is 2.10. The van der Waals surface area contributed by atoms with Gasteiger partial charge in [-0.15, -0.1) is 0 Å². The van der Waals surface area contributed by atoms with E-state index >= 15 is 0 Å². The van der Waals surface area contributed by atoms with Crippen LogP contribution in [0.1, 0.15) is 26.7 Å². The first kappa shape index (κ1) is 10.0. The summed E-state index contributed by atoms with van der Waals surface area (Å²) < 4.78 is 5.18. The number of hydrogen-bond acceptors (Lipinski definition) is 2. The molecule has 1 aliphatic rings. The van der Waals surface area contributed by atoms with E-state index in [1.807, 2.05) is 0 Å². The van der Waals surface area contributed by atoms with Gasteiger partial charge in [-0.05, 0) is 24.7 Å². The zero-order valence-corrected chi connectivity index (χ0v) is 8.12. The SMILES string of the molecule is CC(C)C(CCCO)C1COC1. The minimum atomic E-state index is 0.330. The first-order valence-corrected chi connectivity index (χ1v) is 4.94. The van der Waals surface area contributed by atoms with Crippen LogP contribution in [0.3, 0.4) is 0 Å². The lowest BCUT2D eigenvalue weighted by Gasteiger charge is -2.36. The minimum absolute atomic E-state index is 0.330. The Bertz CT molecular complexity index is 119. The highest BCUT2D eigenvalue weighted by Gasteiger charge is 2.29. The van der Waals surface area contributed by atoms with Crippen molar-refractivity contribution in [3.8, 4) is 0 Å². The van der Waals surface area contributed by atoms with Gasteiger partial charge in [-0.2, -0.15) is 0 Å². The lowest BCUT2D eigenvalue weighted by atomic mass is 9.79. The van der Waals surface area contributed by atoms with Crippen LogP contribution in [-0.4, -0.2) is 24.9 Å². The molecule has 1 aliphatic heterocycles. The summed E-state index contributed by atoms with van der Waals surface area (Å²) in [6.45, 7) is 6.74. The molecule has 2 heteroatoms. The second kappa shape index (κ2) is 4.83. The van der Waals surface area contributed by atoms with Gasteiger partial charge in [0, 0.05) is 12.5 Å². The van der Waals surface area contributed by atoms with Crippen molar-refractivity contribution in [2.24, 2.45) is 17.8 Å². The second-order valence-electron chi connectivity index (χ2n) is 4.07. The molecule has 0 aromatic rings. The highest BCUT2D eigenvalue weighted by Crippen LogP contribution is 2.30. The number of ether oxygens (including phenoxy) is 1. The summed E-state index contributed by atoms with van der Waals surface area (Å²) >= 11 is 0. The van der Waals surface area contributed by atoms with E-state index in [0.717, 1.165) is 43.8 Å². The van der Waals surface area contributed by atoms with E-state index in [4.69, 9.17) is 9.84 Å². The predicted molar refractivity (Wildman–Crippen MR) is 49.0 cm³/mol. The van der Waals surface area contributed by atoms with E-state index in [1.54, 1.807) is 0 Å². The van der Waals surface area contributed by atoms with E-state index in [0.29, 0.717) is 6.61 Å². The van der Waals surface area contributed by atoms with Crippen molar-refractivity contribution < 1.29 is 9.84 Å². The fourth-order valence-corrected chi connectivity index (χ4v) is 1.94. The standard InChI is InChI=1S/C10H20O2/c1-8(2)10(4-3-5-11)9-6-12-7-9/h8-11H,3-7H2,1-2H3. The normalized spacial score (nSPS) is 21.0. The maximum absolute atomic E-state index is 8.74. The fourth-order valence-electron chi connectivity index (χ4n) is 1.94. The molecule has 0 aromatic carbocycles. The van der Waals surface area contributed by atoms with Crippen LogP contribution in [0.15, 0.2) is 0 Å². The molecule has 0 radical (unpaired) electrons. The molecule has 0 saturated carbocycles. The summed E-state index contributed by atoms with van der Waals surface area (Å²) in [7, 11) is 0. The van der Waals surface area contributed by atoms with Crippen LogP contribution < -0.4 is 0 Å². The first-order valence-electron chi connectivity index (χ1n) is 4.94. The van der Waals surface area contributed by atoms with Gasteiger partial charge in [0.1, 0.15) is 0 Å². The van der Waals surface area contributed by atoms with Gasteiger partial charge in [0.25, 0.3) is 0 Å². The summed E-state index contributed by atoms with van der Waals surface area (Å²) in [4.78, 5) is 0. The van der Waals surface area contributed by atoms with Gasteiger partial charge in [-0.3, -0.25) is 0 Å². The Balaban J connectivity index is 2.27. The number of aliphatic hydroxyl groups is 1. The Hall–Kier alpha value is -0.0800. The quantitative estimate of drug-likeness (QED) is 0.683. The van der Waals surface area contributed by atoms with Crippen molar-refractivity contribution >= 4 is 0 Å². The van der Waals surface area contributed by atoms with Crippen LogP contribution in [0.4, 0.5) is 0 Å². The van der Waals surface area contributed by atoms with Gasteiger partial charge in [0.2, 0.25) is 0 Å². The number of hydrogen-bond donors (Lipinski definition) is 1. The lowest BCUT2D eigenvalue weighted by molar-refractivity contribution is -0.0729. The molecule has 1 saturated heterocycles. The molecule has 1 atom stereocenters. The largest absolute Gasteiger partial charge is 0.396 e. The van der Waals surface area contributed by atoms with E-state index in [-0.39, 0.29) is 0 Å². The Kier molecular flexibility index (Phi) is 4.02. The molecule has 0 aliphatic carbocycles. The Labute approximate surface area is 74.9 Å². The molecule has 0 bridgehead atoms. The van der Waals surface area contributed by atoms with Gasteiger partial charge in [-0.1, -0.05) is 13.8 Å². The van der Waals surface area contributed by atoms with Crippen LogP contribution in [0.2, 0.25) is 0 Å². The van der Waals surface area contributed by atoms with Gasteiger partial charge in [-0.25, -0.2) is 0 Å². The molecule has 72 valence electrons. The average Bonchev–Trinajstić information content (AvgIpc) is 1.93. The molecule has 2 nitrogen and oxygen atoms in total. The molecular formula is C10H20O2. The highest BCUT2D eigenvalue weighted by molar-refractivity contribution is 4.77. The average molecular weight is 172 g/mol. The van der Waals surface area contributed by atoms with Crippen LogP contribution in [0.25, 0.3) is 0 Å². The van der Waals surface area contributed by atoms with E-state index in [1.165, 1.54) is 0 Å².